The average Bonchev–Trinajstić information content (AvgIpc) is 2.78. The van der Waals surface area contributed by atoms with Crippen molar-refractivity contribution in [3.63, 3.8) is 0 Å². The molecule has 4 heteroatoms. The first-order valence-electron chi connectivity index (χ1n) is 12.9. The molecule has 31 heavy (non-hydrogen) atoms. The van der Waals surface area contributed by atoms with Crippen molar-refractivity contribution in [2.75, 3.05) is 5.32 Å². The molecule has 174 valence electrons. The van der Waals surface area contributed by atoms with Gasteiger partial charge in [0.05, 0.1) is 0 Å². The third-order valence-electron chi connectivity index (χ3n) is 6.38. The molecule has 0 radical (unpaired) electrons. The second kappa shape index (κ2) is 15.9. The van der Waals surface area contributed by atoms with E-state index < -0.39 is 0 Å². The zero-order chi connectivity index (χ0) is 22.2. The molecule has 1 aliphatic rings. The van der Waals surface area contributed by atoms with Crippen molar-refractivity contribution in [1.82, 2.24) is 5.32 Å². The minimum absolute atomic E-state index is 0.00858. The van der Waals surface area contributed by atoms with Gasteiger partial charge >= 0.3 is 0 Å². The van der Waals surface area contributed by atoms with Crippen LogP contribution in [0.1, 0.15) is 126 Å². The minimum atomic E-state index is -0.00858. The lowest BCUT2D eigenvalue weighted by Gasteiger charge is -2.22. The highest BCUT2D eigenvalue weighted by molar-refractivity contribution is 5.95. The van der Waals surface area contributed by atoms with Crippen LogP contribution in [0.25, 0.3) is 0 Å². The van der Waals surface area contributed by atoms with Gasteiger partial charge in [-0.05, 0) is 43.5 Å². The predicted molar refractivity (Wildman–Crippen MR) is 130 cm³/mol. The smallest absolute Gasteiger partial charge is 0.251 e. The van der Waals surface area contributed by atoms with Gasteiger partial charge in [-0.1, -0.05) is 90.4 Å². The molecule has 0 spiro atoms. The fourth-order valence-corrected chi connectivity index (χ4v) is 4.39. The SMILES string of the molecule is CCCCCCCCCCCCCC(=O)Nc1ccc(C(=O)NC2CCCCC2)cc1. The van der Waals surface area contributed by atoms with Crippen LogP contribution >= 0.6 is 0 Å². The van der Waals surface area contributed by atoms with Gasteiger partial charge in [0.25, 0.3) is 5.91 Å². The quantitative estimate of drug-likeness (QED) is 0.286. The molecule has 0 aromatic heterocycles. The van der Waals surface area contributed by atoms with Crippen LogP contribution in [-0.4, -0.2) is 17.9 Å². The third-order valence-corrected chi connectivity index (χ3v) is 6.38. The molecule has 1 fully saturated rings. The second-order valence-electron chi connectivity index (χ2n) is 9.22. The molecule has 2 N–H and O–H groups in total. The Morgan fingerprint density at radius 1 is 0.774 bits per heavy atom. The Kier molecular flexibility index (Phi) is 13.0. The van der Waals surface area contributed by atoms with E-state index in [-0.39, 0.29) is 11.8 Å². The van der Waals surface area contributed by atoms with Crippen molar-refractivity contribution in [3.05, 3.63) is 29.8 Å². The largest absolute Gasteiger partial charge is 0.349 e. The third kappa shape index (κ3) is 11.4. The summed E-state index contributed by atoms with van der Waals surface area (Å²) < 4.78 is 0. The van der Waals surface area contributed by atoms with Gasteiger partial charge in [0.15, 0.2) is 0 Å². The number of rotatable bonds is 15. The highest BCUT2D eigenvalue weighted by atomic mass is 16.2. The van der Waals surface area contributed by atoms with Gasteiger partial charge in [-0.15, -0.1) is 0 Å². The maximum absolute atomic E-state index is 12.4. The van der Waals surface area contributed by atoms with E-state index in [1.54, 1.807) is 12.1 Å². The summed E-state index contributed by atoms with van der Waals surface area (Å²) in [4.78, 5) is 24.5. The number of nitrogens with one attached hydrogen (secondary N) is 2. The van der Waals surface area contributed by atoms with Gasteiger partial charge in [0.1, 0.15) is 0 Å². The Morgan fingerprint density at radius 2 is 1.32 bits per heavy atom. The average molecular weight is 429 g/mol. The number of amides is 2. The molecule has 0 atom stereocenters. The first-order valence-corrected chi connectivity index (χ1v) is 12.9. The molecule has 1 aliphatic carbocycles. The van der Waals surface area contributed by atoms with E-state index in [4.69, 9.17) is 0 Å². The molecule has 0 bridgehead atoms. The number of unbranched alkanes of at least 4 members (excludes halogenated alkanes) is 10. The number of benzene rings is 1. The van der Waals surface area contributed by atoms with E-state index in [0.29, 0.717) is 18.0 Å². The predicted octanol–water partition coefficient (Wildman–Crippen LogP) is 7.39. The molecule has 0 saturated heterocycles. The van der Waals surface area contributed by atoms with Crippen molar-refractivity contribution in [2.24, 2.45) is 0 Å². The molecule has 0 unspecified atom stereocenters. The lowest BCUT2D eigenvalue weighted by molar-refractivity contribution is -0.116. The van der Waals surface area contributed by atoms with Crippen LogP contribution in [0.4, 0.5) is 5.69 Å². The molecule has 2 rings (SSSR count). The van der Waals surface area contributed by atoms with Crippen molar-refractivity contribution < 1.29 is 9.59 Å². The van der Waals surface area contributed by atoms with Crippen LogP contribution in [0.3, 0.4) is 0 Å². The monoisotopic (exact) mass is 428 g/mol. The highest BCUT2D eigenvalue weighted by Gasteiger charge is 2.16. The standard InChI is InChI=1S/C27H44N2O2/c1-2-3-4-5-6-7-8-9-10-11-15-18-26(30)28-25-21-19-23(20-22-25)27(31)29-24-16-13-12-14-17-24/h19-22,24H,2-18H2,1H3,(H,28,30)(H,29,31). The van der Waals surface area contributed by atoms with Crippen LogP contribution in [0, 0.1) is 0 Å². The maximum Gasteiger partial charge on any atom is 0.251 e. The summed E-state index contributed by atoms with van der Waals surface area (Å²) in [6.45, 7) is 2.26. The van der Waals surface area contributed by atoms with E-state index in [9.17, 15) is 9.59 Å². The summed E-state index contributed by atoms with van der Waals surface area (Å²) in [6.07, 6.45) is 20.6. The fourth-order valence-electron chi connectivity index (χ4n) is 4.39. The highest BCUT2D eigenvalue weighted by Crippen LogP contribution is 2.18. The number of anilines is 1. The maximum atomic E-state index is 12.4. The minimum Gasteiger partial charge on any atom is -0.349 e. The Bertz CT molecular complexity index is 621. The summed E-state index contributed by atoms with van der Waals surface area (Å²) >= 11 is 0. The molecule has 4 nitrogen and oxygen atoms in total. The first kappa shape index (κ1) is 25.4. The zero-order valence-electron chi connectivity index (χ0n) is 19.7. The van der Waals surface area contributed by atoms with Crippen LogP contribution < -0.4 is 10.6 Å². The Labute approximate surface area is 190 Å². The fraction of sp³-hybridized carbons (Fsp3) is 0.704. The molecular weight excluding hydrogens is 384 g/mol. The van der Waals surface area contributed by atoms with Crippen LogP contribution in [0.2, 0.25) is 0 Å². The van der Waals surface area contributed by atoms with Crippen LogP contribution in [0.15, 0.2) is 24.3 Å². The molecule has 1 saturated carbocycles. The van der Waals surface area contributed by atoms with Gasteiger partial charge in [-0.25, -0.2) is 0 Å². The topological polar surface area (TPSA) is 58.2 Å². The Hall–Kier alpha value is -1.84. The first-order chi connectivity index (χ1) is 15.2. The van der Waals surface area contributed by atoms with E-state index in [2.05, 4.69) is 17.6 Å². The van der Waals surface area contributed by atoms with Gasteiger partial charge in [-0.3, -0.25) is 9.59 Å². The number of carbonyl (C=O) groups is 2. The molecule has 1 aromatic rings. The second-order valence-corrected chi connectivity index (χ2v) is 9.22. The Balaban J connectivity index is 1.52. The number of carbonyl (C=O) groups excluding carboxylic acids is 2. The van der Waals surface area contributed by atoms with E-state index in [1.807, 2.05) is 12.1 Å². The van der Waals surface area contributed by atoms with Crippen molar-refractivity contribution in [1.29, 1.82) is 0 Å². The Morgan fingerprint density at radius 3 is 1.90 bits per heavy atom. The number of hydrogen-bond acceptors (Lipinski definition) is 2. The molecular formula is C27H44N2O2. The van der Waals surface area contributed by atoms with Gasteiger partial charge in [0, 0.05) is 23.7 Å². The van der Waals surface area contributed by atoms with Crippen LogP contribution in [0.5, 0.6) is 0 Å². The summed E-state index contributed by atoms with van der Waals surface area (Å²) in [5.74, 6) is 0.0565. The van der Waals surface area contributed by atoms with Crippen molar-refractivity contribution >= 4 is 17.5 Å². The lowest BCUT2D eigenvalue weighted by atomic mass is 9.95. The molecule has 1 aromatic carbocycles. The normalized spacial score (nSPS) is 14.4. The lowest BCUT2D eigenvalue weighted by Crippen LogP contribution is -2.36. The summed E-state index contributed by atoms with van der Waals surface area (Å²) in [5, 5.41) is 6.09. The van der Waals surface area contributed by atoms with E-state index in [0.717, 1.165) is 31.4 Å². The summed E-state index contributed by atoms with van der Waals surface area (Å²) in [5.41, 5.74) is 1.43. The van der Waals surface area contributed by atoms with Crippen LogP contribution in [-0.2, 0) is 4.79 Å². The molecule has 0 heterocycles. The zero-order valence-corrected chi connectivity index (χ0v) is 19.7. The van der Waals surface area contributed by atoms with Gasteiger partial charge in [-0.2, -0.15) is 0 Å². The van der Waals surface area contributed by atoms with Crippen molar-refractivity contribution in [2.45, 2.75) is 122 Å². The van der Waals surface area contributed by atoms with E-state index in [1.165, 1.54) is 77.0 Å². The van der Waals surface area contributed by atoms with Crippen molar-refractivity contribution in [3.8, 4) is 0 Å². The summed E-state index contributed by atoms with van der Waals surface area (Å²) in [7, 11) is 0. The van der Waals surface area contributed by atoms with Gasteiger partial charge < -0.3 is 10.6 Å². The number of hydrogen-bond donors (Lipinski definition) is 2. The molecule has 0 aliphatic heterocycles. The summed E-state index contributed by atoms with van der Waals surface area (Å²) in [6, 6.07) is 7.57. The van der Waals surface area contributed by atoms with E-state index >= 15 is 0 Å². The molecule has 2 amide bonds. The van der Waals surface area contributed by atoms with Gasteiger partial charge in [0.2, 0.25) is 5.91 Å².